The zero-order chi connectivity index (χ0) is 22.6. The second-order valence-electron chi connectivity index (χ2n) is 6.57. The molecular weight excluding hydrogens is 445 g/mol. The number of hydrogen-bond acceptors (Lipinski definition) is 1. The van der Waals surface area contributed by atoms with Gasteiger partial charge in [-0.15, -0.1) is 0 Å². The van der Waals surface area contributed by atoms with Gasteiger partial charge in [-0.3, -0.25) is 0 Å². The van der Waals surface area contributed by atoms with E-state index in [4.69, 9.17) is 4.74 Å². The molecular formula is C21H21F6OPS. The minimum absolute atomic E-state index is 0.0970. The molecule has 0 spiro atoms. The van der Waals surface area contributed by atoms with Crippen LogP contribution in [0.15, 0.2) is 87.5 Å². The van der Waals surface area contributed by atoms with E-state index in [0.717, 1.165) is 5.75 Å². The van der Waals surface area contributed by atoms with Gasteiger partial charge in [-0.1, -0.05) is 35.4 Å². The average molecular weight is 466 g/mol. The Morgan fingerprint density at radius 3 is 1.10 bits per heavy atom. The van der Waals surface area contributed by atoms with Gasteiger partial charge in [-0.25, -0.2) is 0 Å². The number of benzene rings is 3. The maximum atomic E-state index is 9.87. The first-order valence-electron chi connectivity index (χ1n) is 8.70. The summed E-state index contributed by atoms with van der Waals surface area (Å²) < 4.78 is 64.5. The van der Waals surface area contributed by atoms with Crippen molar-refractivity contribution in [3.63, 3.8) is 0 Å². The van der Waals surface area contributed by atoms with E-state index in [-0.39, 0.29) is 10.9 Å². The molecule has 0 aromatic heterocycles. The molecule has 0 aliphatic rings. The van der Waals surface area contributed by atoms with Gasteiger partial charge in [0.2, 0.25) is 0 Å². The molecule has 0 heterocycles. The van der Waals surface area contributed by atoms with Crippen molar-refractivity contribution in [1.82, 2.24) is 0 Å². The van der Waals surface area contributed by atoms with Crippen LogP contribution in [0.5, 0.6) is 5.75 Å². The van der Waals surface area contributed by atoms with Gasteiger partial charge in [-0.2, -0.15) is 0 Å². The van der Waals surface area contributed by atoms with Gasteiger partial charge in [0, 0.05) is 0 Å². The summed E-state index contributed by atoms with van der Waals surface area (Å²) in [6.45, 7) is 4.25. The summed E-state index contributed by atoms with van der Waals surface area (Å²) in [5.41, 5.74) is 2.58. The van der Waals surface area contributed by atoms with Crippen molar-refractivity contribution in [3.8, 4) is 5.75 Å². The van der Waals surface area contributed by atoms with Gasteiger partial charge in [0.1, 0.15) is 5.75 Å². The van der Waals surface area contributed by atoms with Crippen molar-refractivity contribution in [2.24, 2.45) is 0 Å². The Balaban J connectivity index is 0.000000396. The topological polar surface area (TPSA) is 9.23 Å². The van der Waals surface area contributed by atoms with Crippen LogP contribution < -0.4 is 4.74 Å². The zero-order valence-electron chi connectivity index (χ0n) is 16.5. The van der Waals surface area contributed by atoms with Crippen LogP contribution in [0.25, 0.3) is 0 Å². The fourth-order valence-corrected chi connectivity index (χ4v) is 4.51. The number of ether oxygens (including phenoxy) is 1. The zero-order valence-corrected chi connectivity index (χ0v) is 18.2. The van der Waals surface area contributed by atoms with E-state index in [2.05, 4.69) is 74.5 Å². The Labute approximate surface area is 174 Å². The van der Waals surface area contributed by atoms with Crippen LogP contribution in [0.4, 0.5) is 25.2 Å². The first kappa shape index (κ1) is 24.1. The molecule has 0 unspecified atom stereocenters. The normalized spacial score (nSPS) is 13.7. The molecule has 0 aliphatic carbocycles. The number of rotatable bonds is 4. The van der Waals surface area contributed by atoms with Crippen molar-refractivity contribution >= 4 is 18.7 Å². The maximum absolute atomic E-state index is 10.7. The Hall–Kier alpha value is -2.18. The predicted molar refractivity (Wildman–Crippen MR) is 111 cm³/mol. The summed E-state index contributed by atoms with van der Waals surface area (Å²) in [5.74, 6) is 0.894. The van der Waals surface area contributed by atoms with E-state index in [1.54, 1.807) is 7.11 Å². The van der Waals surface area contributed by atoms with Gasteiger partial charge in [0.05, 0.1) is 18.0 Å². The van der Waals surface area contributed by atoms with Crippen molar-refractivity contribution in [3.05, 3.63) is 83.9 Å². The molecule has 0 atom stereocenters. The molecule has 0 aliphatic heterocycles. The van der Waals surface area contributed by atoms with Crippen LogP contribution in [-0.2, 0) is 10.9 Å². The monoisotopic (exact) mass is 466 g/mol. The van der Waals surface area contributed by atoms with Gasteiger partial charge < -0.3 is 4.74 Å². The van der Waals surface area contributed by atoms with E-state index < -0.39 is 7.81 Å². The van der Waals surface area contributed by atoms with E-state index in [0.29, 0.717) is 0 Å². The van der Waals surface area contributed by atoms with Crippen molar-refractivity contribution in [2.45, 2.75) is 28.5 Å². The van der Waals surface area contributed by atoms with Gasteiger partial charge in [0.15, 0.2) is 14.7 Å². The summed E-state index contributed by atoms with van der Waals surface area (Å²) in [6.07, 6.45) is 0. The van der Waals surface area contributed by atoms with E-state index in [9.17, 15) is 25.2 Å². The van der Waals surface area contributed by atoms with Crippen molar-refractivity contribution in [2.75, 3.05) is 7.11 Å². The molecule has 3 aromatic carbocycles. The molecule has 3 rings (SSSR count). The standard InChI is InChI=1S/C21H21OS.F6P/c1-16-4-10-19(11-5-16)23(20-12-6-17(2)7-13-20)21-14-8-18(22-3)9-15-21;1-7(2,3,4,5)6/h4-15H,1-3H3;/q+1;-1. The van der Waals surface area contributed by atoms with Crippen LogP contribution in [-0.4, -0.2) is 7.11 Å². The van der Waals surface area contributed by atoms with Crippen LogP contribution in [0.2, 0.25) is 0 Å². The first-order chi connectivity index (χ1) is 13.6. The third kappa shape index (κ3) is 9.09. The summed E-state index contributed by atoms with van der Waals surface area (Å²) in [5, 5.41) is 0. The van der Waals surface area contributed by atoms with Gasteiger partial charge in [-0.05, 0) is 62.4 Å². The average Bonchev–Trinajstić information content (AvgIpc) is 2.63. The molecule has 3 aromatic rings. The second kappa shape index (κ2) is 8.16. The van der Waals surface area contributed by atoms with E-state index >= 15 is 0 Å². The molecule has 0 saturated carbocycles. The summed E-state index contributed by atoms with van der Waals surface area (Å²) in [6, 6.07) is 26.1. The third-order valence-corrected chi connectivity index (χ3v) is 6.04. The predicted octanol–water partition coefficient (Wildman–Crippen LogP) is 8.79. The molecule has 0 radical (unpaired) electrons. The summed E-state index contributed by atoms with van der Waals surface area (Å²) >= 11 is 0. The number of aryl methyl sites for hydroxylation is 2. The number of hydrogen-bond donors (Lipinski definition) is 0. The molecule has 0 amide bonds. The molecule has 0 N–H and O–H groups in total. The van der Waals surface area contributed by atoms with E-state index in [1.165, 1.54) is 25.8 Å². The molecule has 0 fully saturated rings. The molecule has 164 valence electrons. The first-order valence-corrected chi connectivity index (χ1v) is 12.0. The molecule has 0 saturated heterocycles. The Kier molecular flexibility index (Phi) is 6.55. The quantitative estimate of drug-likeness (QED) is 0.212. The molecule has 0 bridgehead atoms. The number of methoxy groups -OCH3 is 1. The minimum atomic E-state index is -10.7. The molecule has 9 heteroatoms. The van der Waals surface area contributed by atoms with Crippen LogP contribution in [0.1, 0.15) is 11.1 Å². The Bertz CT molecular complexity index is 913. The van der Waals surface area contributed by atoms with Crippen LogP contribution >= 0.6 is 7.81 Å². The molecule has 1 nitrogen and oxygen atoms in total. The second-order valence-corrected chi connectivity index (χ2v) is 10.5. The van der Waals surface area contributed by atoms with Crippen LogP contribution in [0.3, 0.4) is 0 Å². The fourth-order valence-electron chi connectivity index (χ4n) is 2.47. The van der Waals surface area contributed by atoms with Gasteiger partial charge >= 0.3 is 33.0 Å². The summed E-state index contributed by atoms with van der Waals surface area (Å²) in [4.78, 5) is 3.98. The number of halogens is 6. The van der Waals surface area contributed by atoms with Crippen molar-refractivity contribution < 1.29 is 29.9 Å². The third-order valence-electron chi connectivity index (χ3n) is 3.81. The Morgan fingerprint density at radius 1 is 0.567 bits per heavy atom. The van der Waals surface area contributed by atoms with Crippen LogP contribution in [0, 0.1) is 13.8 Å². The Morgan fingerprint density at radius 2 is 0.833 bits per heavy atom. The fraction of sp³-hybridized carbons (Fsp3) is 0.143. The molecule has 30 heavy (non-hydrogen) atoms. The van der Waals surface area contributed by atoms with E-state index in [1.807, 2.05) is 12.1 Å². The van der Waals surface area contributed by atoms with Gasteiger partial charge in [0.25, 0.3) is 0 Å². The SMILES string of the molecule is COc1ccc([S+](c2ccc(C)cc2)c2ccc(C)cc2)cc1.F[P-](F)(F)(F)(F)F. The summed E-state index contributed by atoms with van der Waals surface area (Å²) in [7, 11) is -9.05. The van der Waals surface area contributed by atoms with Crippen molar-refractivity contribution in [1.29, 1.82) is 0 Å².